The smallest absolute Gasteiger partial charge is 0.253 e. The summed E-state index contributed by atoms with van der Waals surface area (Å²) in [6.07, 6.45) is 3.20. The van der Waals surface area contributed by atoms with E-state index in [0.29, 0.717) is 31.0 Å². The maximum absolute atomic E-state index is 12.2. The van der Waals surface area contributed by atoms with Gasteiger partial charge in [0, 0.05) is 6.54 Å². The molecule has 1 fully saturated rings. The standard InChI is InChI=1S/C16H24N2O3/c1-2-3-10-20-14-7-5-4-6-13(14)18-16(19)15-9-8-12(11-17)21-15/h4-7,12,15H,2-3,8-11,17H2,1H3,(H,18,19)/t12-,15+/m1/s1. The minimum Gasteiger partial charge on any atom is -0.491 e. The summed E-state index contributed by atoms with van der Waals surface area (Å²) >= 11 is 0. The van der Waals surface area contributed by atoms with Crippen LogP contribution in [-0.2, 0) is 9.53 Å². The molecule has 116 valence electrons. The summed E-state index contributed by atoms with van der Waals surface area (Å²) in [5.41, 5.74) is 6.26. The van der Waals surface area contributed by atoms with Crippen LogP contribution in [0.25, 0.3) is 0 Å². The van der Waals surface area contributed by atoms with Gasteiger partial charge in [0.1, 0.15) is 11.9 Å². The predicted molar refractivity (Wildman–Crippen MR) is 82.4 cm³/mol. The van der Waals surface area contributed by atoms with E-state index in [2.05, 4.69) is 12.2 Å². The number of hydrogen-bond donors (Lipinski definition) is 2. The van der Waals surface area contributed by atoms with E-state index in [1.165, 1.54) is 0 Å². The van der Waals surface area contributed by atoms with Crippen LogP contribution in [0.2, 0.25) is 0 Å². The Morgan fingerprint density at radius 3 is 2.95 bits per heavy atom. The zero-order valence-corrected chi connectivity index (χ0v) is 12.5. The van der Waals surface area contributed by atoms with E-state index in [1.54, 1.807) is 0 Å². The second-order valence-electron chi connectivity index (χ2n) is 5.25. The highest BCUT2D eigenvalue weighted by Gasteiger charge is 2.30. The Labute approximate surface area is 125 Å². The molecule has 0 aliphatic carbocycles. The fraction of sp³-hybridized carbons (Fsp3) is 0.562. The SMILES string of the molecule is CCCCOc1ccccc1NC(=O)[C@@H]1CC[C@H](CN)O1. The van der Waals surface area contributed by atoms with Gasteiger partial charge < -0.3 is 20.5 Å². The van der Waals surface area contributed by atoms with Crippen molar-refractivity contribution in [2.75, 3.05) is 18.5 Å². The van der Waals surface area contributed by atoms with Gasteiger partial charge in [0.15, 0.2) is 0 Å². The molecule has 1 aliphatic heterocycles. The average molecular weight is 292 g/mol. The van der Waals surface area contributed by atoms with Crippen molar-refractivity contribution in [2.24, 2.45) is 5.73 Å². The number of carbonyl (C=O) groups is 1. The van der Waals surface area contributed by atoms with Crippen LogP contribution in [0, 0.1) is 0 Å². The number of benzene rings is 1. The number of rotatable bonds is 7. The summed E-state index contributed by atoms with van der Waals surface area (Å²) in [5, 5.41) is 2.89. The molecule has 2 rings (SSSR count). The quantitative estimate of drug-likeness (QED) is 0.756. The van der Waals surface area contributed by atoms with Crippen molar-refractivity contribution in [1.29, 1.82) is 0 Å². The van der Waals surface area contributed by atoms with Gasteiger partial charge in [0.25, 0.3) is 5.91 Å². The highest BCUT2D eigenvalue weighted by molar-refractivity contribution is 5.95. The van der Waals surface area contributed by atoms with Gasteiger partial charge in [-0.25, -0.2) is 0 Å². The summed E-state index contributed by atoms with van der Waals surface area (Å²) in [5.74, 6) is 0.574. The van der Waals surface area contributed by atoms with Crippen LogP contribution >= 0.6 is 0 Å². The number of para-hydroxylation sites is 2. The average Bonchev–Trinajstić information content (AvgIpc) is 2.98. The topological polar surface area (TPSA) is 73.6 Å². The molecule has 1 aliphatic rings. The van der Waals surface area contributed by atoms with Gasteiger partial charge in [-0.1, -0.05) is 25.5 Å². The summed E-state index contributed by atoms with van der Waals surface area (Å²) < 4.78 is 11.3. The Balaban J connectivity index is 1.94. The number of amides is 1. The van der Waals surface area contributed by atoms with Crippen molar-refractivity contribution in [3.05, 3.63) is 24.3 Å². The van der Waals surface area contributed by atoms with Crippen LogP contribution in [0.15, 0.2) is 24.3 Å². The second kappa shape index (κ2) is 8.00. The van der Waals surface area contributed by atoms with E-state index in [0.717, 1.165) is 19.3 Å². The Morgan fingerprint density at radius 2 is 2.24 bits per heavy atom. The Bertz CT molecular complexity index is 465. The van der Waals surface area contributed by atoms with Gasteiger partial charge in [0.05, 0.1) is 18.4 Å². The van der Waals surface area contributed by atoms with Crippen molar-refractivity contribution in [2.45, 2.75) is 44.8 Å². The molecule has 5 nitrogen and oxygen atoms in total. The third-order valence-electron chi connectivity index (χ3n) is 3.56. The van der Waals surface area contributed by atoms with Crippen molar-refractivity contribution in [1.82, 2.24) is 0 Å². The molecule has 0 spiro atoms. The fourth-order valence-electron chi connectivity index (χ4n) is 2.31. The lowest BCUT2D eigenvalue weighted by Crippen LogP contribution is -2.29. The number of carbonyl (C=O) groups excluding carboxylic acids is 1. The number of unbranched alkanes of at least 4 members (excludes halogenated alkanes) is 1. The molecule has 3 N–H and O–H groups in total. The summed E-state index contributed by atoms with van der Waals surface area (Å²) in [4.78, 5) is 12.2. The number of nitrogens with two attached hydrogens (primary N) is 1. The van der Waals surface area contributed by atoms with Gasteiger partial charge in [-0.2, -0.15) is 0 Å². The van der Waals surface area contributed by atoms with Gasteiger partial charge in [-0.3, -0.25) is 4.79 Å². The molecule has 1 aromatic rings. The highest BCUT2D eigenvalue weighted by Crippen LogP contribution is 2.26. The fourth-order valence-corrected chi connectivity index (χ4v) is 2.31. The lowest BCUT2D eigenvalue weighted by atomic mass is 10.2. The first-order chi connectivity index (χ1) is 10.2. The van der Waals surface area contributed by atoms with Gasteiger partial charge >= 0.3 is 0 Å². The van der Waals surface area contributed by atoms with Crippen molar-refractivity contribution < 1.29 is 14.3 Å². The third-order valence-corrected chi connectivity index (χ3v) is 3.56. The largest absolute Gasteiger partial charge is 0.491 e. The van der Waals surface area contributed by atoms with Crippen LogP contribution < -0.4 is 15.8 Å². The molecule has 0 saturated carbocycles. The molecule has 5 heteroatoms. The molecule has 21 heavy (non-hydrogen) atoms. The van der Waals surface area contributed by atoms with Crippen LogP contribution in [0.1, 0.15) is 32.6 Å². The highest BCUT2D eigenvalue weighted by atomic mass is 16.5. The molecule has 0 aromatic heterocycles. The van der Waals surface area contributed by atoms with E-state index in [-0.39, 0.29) is 12.0 Å². The van der Waals surface area contributed by atoms with Crippen molar-refractivity contribution in [3.8, 4) is 5.75 Å². The van der Waals surface area contributed by atoms with Gasteiger partial charge in [0.2, 0.25) is 0 Å². The van der Waals surface area contributed by atoms with Gasteiger partial charge in [-0.05, 0) is 31.4 Å². The monoisotopic (exact) mass is 292 g/mol. The normalized spacial score (nSPS) is 21.2. The molecule has 1 saturated heterocycles. The van der Waals surface area contributed by atoms with E-state index >= 15 is 0 Å². The predicted octanol–water partition coefficient (Wildman–Crippen LogP) is 2.31. The van der Waals surface area contributed by atoms with Gasteiger partial charge in [-0.15, -0.1) is 0 Å². The minimum atomic E-state index is -0.415. The molecule has 0 bridgehead atoms. The number of hydrogen-bond acceptors (Lipinski definition) is 4. The molecule has 1 aromatic carbocycles. The van der Waals surface area contributed by atoms with Crippen LogP contribution in [0.5, 0.6) is 5.75 Å². The second-order valence-corrected chi connectivity index (χ2v) is 5.25. The number of nitrogens with one attached hydrogen (secondary N) is 1. The minimum absolute atomic E-state index is 0.00296. The molecular weight excluding hydrogens is 268 g/mol. The third kappa shape index (κ3) is 4.44. The van der Waals surface area contributed by atoms with Crippen molar-refractivity contribution >= 4 is 11.6 Å². The number of anilines is 1. The zero-order chi connectivity index (χ0) is 15.1. The maximum Gasteiger partial charge on any atom is 0.253 e. The first-order valence-corrected chi connectivity index (χ1v) is 7.62. The number of ether oxygens (including phenoxy) is 2. The summed E-state index contributed by atoms with van der Waals surface area (Å²) in [7, 11) is 0. The maximum atomic E-state index is 12.2. The van der Waals surface area contributed by atoms with Crippen LogP contribution in [0.3, 0.4) is 0 Å². The van der Waals surface area contributed by atoms with E-state index in [4.69, 9.17) is 15.2 Å². The first-order valence-electron chi connectivity index (χ1n) is 7.62. The van der Waals surface area contributed by atoms with Crippen LogP contribution in [-0.4, -0.2) is 31.3 Å². The molecular formula is C16H24N2O3. The Morgan fingerprint density at radius 1 is 1.43 bits per heavy atom. The lowest BCUT2D eigenvalue weighted by molar-refractivity contribution is -0.126. The molecule has 1 heterocycles. The lowest BCUT2D eigenvalue weighted by Gasteiger charge is -2.15. The van der Waals surface area contributed by atoms with Crippen molar-refractivity contribution in [3.63, 3.8) is 0 Å². The summed E-state index contributed by atoms with van der Waals surface area (Å²) in [6.45, 7) is 3.22. The molecule has 2 atom stereocenters. The molecule has 1 amide bonds. The van der Waals surface area contributed by atoms with Crippen LogP contribution in [0.4, 0.5) is 5.69 Å². The molecule has 0 radical (unpaired) electrons. The van der Waals surface area contributed by atoms with E-state index in [1.807, 2.05) is 24.3 Å². The zero-order valence-electron chi connectivity index (χ0n) is 12.5. The molecule has 0 unspecified atom stereocenters. The summed E-state index contributed by atoms with van der Waals surface area (Å²) in [6, 6.07) is 7.48. The Kier molecular flexibility index (Phi) is 6.02. The van der Waals surface area contributed by atoms with E-state index in [9.17, 15) is 4.79 Å². The first kappa shape index (κ1) is 15.8. The van der Waals surface area contributed by atoms with E-state index < -0.39 is 6.10 Å². The Hall–Kier alpha value is -1.59.